The number of furan rings is 1. The molecule has 0 spiro atoms. The fourth-order valence-corrected chi connectivity index (χ4v) is 1.43. The Labute approximate surface area is 120 Å². The lowest BCUT2D eigenvalue weighted by atomic mass is 9.96. The van der Waals surface area contributed by atoms with Crippen LogP contribution in [-0.2, 0) is 11.3 Å². The molecule has 0 aliphatic rings. The molecule has 6 heteroatoms. The number of guanidine groups is 1. The molecule has 0 aliphatic heterocycles. The van der Waals surface area contributed by atoms with Gasteiger partial charge in [-0.05, 0) is 12.1 Å². The van der Waals surface area contributed by atoms with Gasteiger partial charge in [-0.15, -0.1) is 0 Å². The highest BCUT2D eigenvalue weighted by molar-refractivity contribution is 5.81. The maximum absolute atomic E-state index is 11.7. The van der Waals surface area contributed by atoms with Crippen molar-refractivity contribution in [1.29, 1.82) is 0 Å². The second kappa shape index (κ2) is 7.57. The van der Waals surface area contributed by atoms with Crippen molar-refractivity contribution in [3.05, 3.63) is 24.2 Å². The zero-order valence-corrected chi connectivity index (χ0v) is 12.6. The zero-order chi connectivity index (χ0) is 15.0. The largest absolute Gasteiger partial charge is 0.467 e. The van der Waals surface area contributed by atoms with E-state index in [1.54, 1.807) is 13.3 Å². The Kier molecular flexibility index (Phi) is 6.09. The minimum atomic E-state index is -0.362. The molecule has 0 unspecified atom stereocenters. The molecular weight excluding hydrogens is 256 g/mol. The minimum absolute atomic E-state index is 0.0397. The first-order chi connectivity index (χ1) is 9.43. The van der Waals surface area contributed by atoms with Gasteiger partial charge in [-0.25, -0.2) is 0 Å². The lowest BCUT2D eigenvalue weighted by molar-refractivity contribution is -0.128. The van der Waals surface area contributed by atoms with Crippen molar-refractivity contribution in [2.45, 2.75) is 27.3 Å². The molecule has 6 nitrogen and oxygen atoms in total. The molecule has 0 bridgehead atoms. The maximum Gasteiger partial charge on any atom is 0.225 e. The van der Waals surface area contributed by atoms with Crippen molar-refractivity contribution < 1.29 is 9.21 Å². The molecule has 0 radical (unpaired) electrons. The maximum atomic E-state index is 11.7. The Morgan fingerprint density at radius 1 is 1.25 bits per heavy atom. The fraction of sp³-hybridized carbons (Fsp3) is 0.571. The van der Waals surface area contributed by atoms with E-state index in [9.17, 15) is 4.79 Å². The lowest BCUT2D eigenvalue weighted by Crippen LogP contribution is -2.43. The molecule has 0 atom stereocenters. The summed E-state index contributed by atoms with van der Waals surface area (Å²) in [7, 11) is 1.70. The predicted molar refractivity (Wildman–Crippen MR) is 79.4 cm³/mol. The standard InChI is InChI=1S/C14H24N4O2/c1-14(2,3)12(19)16-7-8-17-13(15-4)18-10-11-6-5-9-20-11/h5-6,9H,7-8,10H2,1-4H3,(H,16,19)(H2,15,17,18). The molecule has 112 valence electrons. The highest BCUT2D eigenvalue weighted by Crippen LogP contribution is 2.11. The first-order valence-corrected chi connectivity index (χ1v) is 6.68. The molecule has 0 aliphatic carbocycles. The van der Waals surface area contributed by atoms with Crippen LogP contribution in [0.1, 0.15) is 26.5 Å². The number of rotatable bonds is 5. The van der Waals surface area contributed by atoms with Gasteiger partial charge < -0.3 is 20.4 Å². The molecule has 0 aromatic carbocycles. The number of nitrogens with one attached hydrogen (secondary N) is 3. The van der Waals surface area contributed by atoms with Crippen LogP contribution in [0.25, 0.3) is 0 Å². The van der Waals surface area contributed by atoms with E-state index in [1.165, 1.54) is 0 Å². The summed E-state index contributed by atoms with van der Waals surface area (Å²) in [6, 6.07) is 3.74. The summed E-state index contributed by atoms with van der Waals surface area (Å²) in [5.74, 6) is 1.55. The quantitative estimate of drug-likeness (QED) is 0.429. The van der Waals surface area contributed by atoms with Crippen LogP contribution in [-0.4, -0.2) is 32.0 Å². The summed E-state index contributed by atoms with van der Waals surface area (Å²) in [5.41, 5.74) is -0.362. The topological polar surface area (TPSA) is 78.7 Å². The van der Waals surface area contributed by atoms with Gasteiger partial charge in [0, 0.05) is 25.6 Å². The van der Waals surface area contributed by atoms with Gasteiger partial charge in [0.25, 0.3) is 0 Å². The third-order valence-electron chi connectivity index (χ3n) is 2.62. The molecule has 1 heterocycles. The minimum Gasteiger partial charge on any atom is -0.467 e. The molecule has 0 saturated heterocycles. The van der Waals surface area contributed by atoms with Crippen LogP contribution in [0.3, 0.4) is 0 Å². The smallest absolute Gasteiger partial charge is 0.225 e. The average Bonchev–Trinajstić information content (AvgIpc) is 2.89. The van der Waals surface area contributed by atoms with Gasteiger partial charge in [0.2, 0.25) is 5.91 Å². The normalized spacial score (nSPS) is 12.1. The molecule has 1 amide bonds. The van der Waals surface area contributed by atoms with Crippen LogP contribution < -0.4 is 16.0 Å². The highest BCUT2D eigenvalue weighted by Gasteiger charge is 2.20. The molecule has 20 heavy (non-hydrogen) atoms. The van der Waals surface area contributed by atoms with Gasteiger partial charge >= 0.3 is 0 Å². The Morgan fingerprint density at radius 2 is 1.95 bits per heavy atom. The third-order valence-corrected chi connectivity index (χ3v) is 2.62. The van der Waals surface area contributed by atoms with Crippen LogP contribution in [0, 0.1) is 5.41 Å². The van der Waals surface area contributed by atoms with Crippen molar-refractivity contribution >= 4 is 11.9 Å². The summed E-state index contributed by atoms with van der Waals surface area (Å²) in [6.07, 6.45) is 1.63. The van der Waals surface area contributed by atoms with E-state index >= 15 is 0 Å². The Hall–Kier alpha value is -1.98. The van der Waals surface area contributed by atoms with Crippen molar-refractivity contribution in [2.75, 3.05) is 20.1 Å². The average molecular weight is 280 g/mol. The summed E-state index contributed by atoms with van der Waals surface area (Å²) >= 11 is 0. The van der Waals surface area contributed by atoms with Crippen LogP contribution in [0.4, 0.5) is 0 Å². The monoisotopic (exact) mass is 280 g/mol. The second-order valence-corrected chi connectivity index (χ2v) is 5.44. The molecule has 0 saturated carbocycles. The molecule has 3 N–H and O–H groups in total. The number of amides is 1. The van der Waals surface area contributed by atoms with E-state index in [0.29, 0.717) is 25.6 Å². The SMILES string of the molecule is CN=C(NCCNC(=O)C(C)(C)C)NCc1ccco1. The summed E-state index contributed by atoms with van der Waals surface area (Å²) in [4.78, 5) is 15.8. The van der Waals surface area contributed by atoms with Crippen molar-refractivity contribution in [3.8, 4) is 0 Å². The molecule has 1 rings (SSSR count). The Balaban J connectivity index is 2.20. The van der Waals surface area contributed by atoms with E-state index < -0.39 is 0 Å². The van der Waals surface area contributed by atoms with E-state index in [-0.39, 0.29) is 11.3 Å². The number of nitrogens with zero attached hydrogens (tertiary/aromatic N) is 1. The van der Waals surface area contributed by atoms with E-state index in [4.69, 9.17) is 4.42 Å². The van der Waals surface area contributed by atoms with Crippen LogP contribution in [0.5, 0.6) is 0 Å². The van der Waals surface area contributed by atoms with Crippen LogP contribution in [0.2, 0.25) is 0 Å². The van der Waals surface area contributed by atoms with Gasteiger partial charge in [-0.2, -0.15) is 0 Å². The fourth-order valence-electron chi connectivity index (χ4n) is 1.43. The van der Waals surface area contributed by atoms with Gasteiger partial charge in [-0.1, -0.05) is 20.8 Å². The molecule has 0 fully saturated rings. The zero-order valence-electron chi connectivity index (χ0n) is 12.6. The predicted octanol–water partition coefficient (Wildman–Crippen LogP) is 1.11. The number of aliphatic imine (C=N–C) groups is 1. The number of carbonyl (C=O) groups excluding carboxylic acids is 1. The van der Waals surface area contributed by atoms with Gasteiger partial charge in [0.05, 0.1) is 12.8 Å². The first kappa shape index (κ1) is 16.1. The second-order valence-electron chi connectivity index (χ2n) is 5.44. The van der Waals surface area contributed by atoms with Gasteiger partial charge in [0.1, 0.15) is 5.76 Å². The van der Waals surface area contributed by atoms with Crippen molar-refractivity contribution in [1.82, 2.24) is 16.0 Å². The molecular formula is C14H24N4O2. The lowest BCUT2D eigenvalue weighted by Gasteiger charge is -2.18. The number of hydrogen-bond donors (Lipinski definition) is 3. The van der Waals surface area contributed by atoms with Crippen LogP contribution in [0.15, 0.2) is 27.8 Å². The van der Waals surface area contributed by atoms with Crippen LogP contribution >= 0.6 is 0 Å². The van der Waals surface area contributed by atoms with E-state index in [1.807, 2.05) is 32.9 Å². The highest BCUT2D eigenvalue weighted by atomic mass is 16.3. The van der Waals surface area contributed by atoms with Crippen molar-refractivity contribution in [3.63, 3.8) is 0 Å². The molecule has 1 aromatic rings. The number of hydrogen-bond acceptors (Lipinski definition) is 3. The Morgan fingerprint density at radius 3 is 2.50 bits per heavy atom. The van der Waals surface area contributed by atoms with Gasteiger partial charge in [-0.3, -0.25) is 9.79 Å². The van der Waals surface area contributed by atoms with E-state index in [0.717, 1.165) is 5.76 Å². The summed E-state index contributed by atoms with van der Waals surface area (Å²) in [5, 5.41) is 9.11. The number of carbonyl (C=O) groups is 1. The van der Waals surface area contributed by atoms with E-state index in [2.05, 4.69) is 20.9 Å². The van der Waals surface area contributed by atoms with Gasteiger partial charge in [0.15, 0.2) is 5.96 Å². The first-order valence-electron chi connectivity index (χ1n) is 6.68. The third kappa shape index (κ3) is 5.77. The Bertz CT molecular complexity index is 433. The summed E-state index contributed by atoms with van der Waals surface area (Å²) in [6.45, 7) is 7.40. The molecule has 1 aromatic heterocycles. The summed E-state index contributed by atoms with van der Waals surface area (Å²) < 4.78 is 5.22. The van der Waals surface area contributed by atoms with Crippen molar-refractivity contribution in [2.24, 2.45) is 10.4 Å².